The van der Waals surface area contributed by atoms with Crippen LogP contribution in [0.25, 0.3) is 0 Å². The number of H-pyrrole nitrogens is 1. The molecule has 2 aromatic carbocycles. The van der Waals surface area contributed by atoms with E-state index in [9.17, 15) is 18.4 Å². The van der Waals surface area contributed by atoms with Gasteiger partial charge in [-0.25, -0.2) is 13.6 Å². The smallest absolute Gasteiger partial charge is 0.267 e. The fourth-order valence-corrected chi connectivity index (χ4v) is 3.11. The van der Waals surface area contributed by atoms with E-state index in [-0.39, 0.29) is 16.9 Å². The number of halogens is 4. The summed E-state index contributed by atoms with van der Waals surface area (Å²) in [6, 6.07) is 7.56. The maximum absolute atomic E-state index is 13.3. The molecule has 0 atom stereocenters. The van der Waals surface area contributed by atoms with Gasteiger partial charge in [-0.15, -0.1) is 0 Å². The number of carbonyl (C=O) groups is 1. The van der Waals surface area contributed by atoms with Crippen LogP contribution in [0.3, 0.4) is 0 Å². The Morgan fingerprint density at radius 2 is 1.88 bits per heavy atom. The molecule has 26 heavy (non-hydrogen) atoms. The van der Waals surface area contributed by atoms with E-state index in [0.29, 0.717) is 15.6 Å². The summed E-state index contributed by atoms with van der Waals surface area (Å²) in [5.41, 5.74) is 0.0637. The van der Waals surface area contributed by atoms with Crippen LogP contribution in [0.4, 0.5) is 8.78 Å². The van der Waals surface area contributed by atoms with Crippen LogP contribution in [0.2, 0.25) is 10.0 Å². The molecule has 5 nitrogen and oxygen atoms in total. The van der Waals surface area contributed by atoms with Gasteiger partial charge < -0.3 is 0 Å². The van der Waals surface area contributed by atoms with Crippen molar-refractivity contribution < 1.29 is 13.6 Å². The van der Waals surface area contributed by atoms with Crippen LogP contribution in [0.5, 0.6) is 0 Å². The van der Waals surface area contributed by atoms with Gasteiger partial charge in [0.2, 0.25) is 4.80 Å². The predicted molar refractivity (Wildman–Crippen MR) is 94.7 cm³/mol. The largest absolute Gasteiger partial charge is 0.337 e. The molecule has 3 rings (SSSR count). The lowest BCUT2D eigenvalue weighted by atomic mass is 10.2. The molecule has 1 N–H and O–H groups in total. The van der Waals surface area contributed by atoms with Gasteiger partial charge in [0.25, 0.3) is 5.91 Å². The lowest BCUT2D eigenvalue weighted by Gasteiger charge is -2.03. The van der Waals surface area contributed by atoms with E-state index in [2.05, 4.69) is 9.37 Å². The van der Waals surface area contributed by atoms with Crippen molar-refractivity contribution >= 4 is 40.6 Å². The first-order valence-corrected chi connectivity index (χ1v) is 8.69. The molecule has 0 fully saturated rings. The van der Waals surface area contributed by atoms with Gasteiger partial charge in [-0.2, -0.15) is 4.99 Å². The zero-order valence-corrected chi connectivity index (χ0v) is 15.1. The third-order valence-corrected chi connectivity index (χ3v) is 4.90. The summed E-state index contributed by atoms with van der Waals surface area (Å²) < 4.78 is 29.9. The minimum atomic E-state index is -1.16. The van der Waals surface area contributed by atoms with E-state index in [0.717, 1.165) is 29.7 Å². The molecule has 0 bridgehead atoms. The maximum atomic E-state index is 13.3. The molecule has 3 aromatic rings. The zero-order valence-electron chi connectivity index (χ0n) is 12.8. The van der Waals surface area contributed by atoms with E-state index < -0.39 is 23.2 Å². The molecule has 0 aliphatic rings. The normalized spacial score (nSPS) is 11.8. The topological polar surface area (TPSA) is 67.2 Å². The van der Waals surface area contributed by atoms with Crippen molar-refractivity contribution in [2.45, 2.75) is 6.54 Å². The Bertz CT molecular complexity index is 1120. The molecule has 0 unspecified atom stereocenters. The quantitative estimate of drug-likeness (QED) is 0.709. The second kappa shape index (κ2) is 7.53. The maximum Gasteiger partial charge on any atom is 0.337 e. The SMILES string of the molecule is O=C(/N=c1\s[nH]c(=O)n1Cc1ccc(Cl)c(Cl)c1)c1ccc(F)c(F)c1. The Morgan fingerprint density at radius 3 is 2.58 bits per heavy atom. The van der Waals surface area contributed by atoms with Crippen LogP contribution >= 0.6 is 34.7 Å². The van der Waals surface area contributed by atoms with Gasteiger partial charge in [-0.3, -0.25) is 13.7 Å². The first-order chi connectivity index (χ1) is 12.3. The number of hydrogen-bond donors (Lipinski definition) is 1. The molecule has 1 amide bonds. The highest BCUT2D eigenvalue weighted by molar-refractivity contribution is 7.02. The van der Waals surface area contributed by atoms with Gasteiger partial charge in [0.15, 0.2) is 11.6 Å². The molecule has 0 spiro atoms. The summed E-state index contributed by atoms with van der Waals surface area (Å²) >= 11 is 12.7. The number of amides is 1. The molecule has 0 aliphatic heterocycles. The van der Waals surface area contributed by atoms with E-state index in [4.69, 9.17) is 23.2 Å². The molecular formula is C16H9Cl2F2N3O2S. The van der Waals surface area contributed by atoms with Gasteiger partial charge in [-0.1, -0.05) is 29.3 Å². The molecule has 0 saturated heterocycles. The van der Waals surface area contributed by atoms with Gasteiger partial charge in [0.05, 0.1) is 16.6 Å². The molecule has 1 aromatic heterocycles. The second-order valence-electron chi connectivity index (χ2n) is 5.17. The standard InChI is InChI=1S/C16H9Cl2F2N3O2S/c17-10-3-1-8(5-11(10)18)7-23-15(25)22-26-16(23)21-14(24)9-2-4-12(19)13(20)6-9/h1-6H,7H2,(H,22,25)/b21-16-. The number of aromatic nitrogens is 2. The van der Waals surface area contributed by atoms with E-state index in [1.165, 1.54) is 4.57 Å². The van der Waals surface area contributed by atoms with Crippen LogP contribution in [-0.2, 0) is 6.54 Å². The highest BCUT2D eigenvalue weighted by Crippen LogP contribution is 2.22. The summed E-state index contributed by atoms with van der Waals surface area (Å²) in [4.78, 5) is 28.1. The van der Waals surface area contributed by atoms with E-state index in [1.807, 2.05) is 0 Å². The van der Waals surface area contributed by atoms with Crippen molar-refractivity contribution in [1.29, 1.82) is 0 Å². The summed E-state index contributed by atoms with van der Waals surface area (Å²) in [6.45, 7) is 0.0968. The Kier molecular flexibility index (Phi) is 5.36. The van der Waals surface area contributed by atoms with Gasteiger partial charge in [0.1, 0.15) is 0 Å². The molecule has 134 valence electrons. The molecule has 10 heteroatoms. The predicted octanol–water partition coefficient (Wildman–Crippen LogP) is 3.61. The third kappa shape index (κ3) is 3.92. The lowest BCUT2D eigenvalue weighted by molar-refractivity contribution is 0.0997. The number of hydrogen-bond acceptors (Lipinski definition) is 3. The Morgan fingerprint density at radius 1 is 1.12 bits per heavy atom. The first-order valence-electron chi connectivity index (χ1n) is 7.11. The van der Waals surface area contributed by atoms with Crippen LogP contribution in [0, 0.1) is 11.6 Å². The highest BCUT2D eigenvalue weighted by atomic mass is 35.5. The molecule has 0 saturated carbocycles. The van der Waals surface area contributed by atoms with Gasteiger partial charge in [-0.05, 0) is 47.4 Å². The average molecular weight is 416 g/mol. The van der Waals surface area contributed by atoms with Crippen LogP contribution in [0.1, 0.15) is 15.9 Å². The third-order valence-electron chi connectivity index (χ3n) is 3.39. The first kappa shape index (κ1) is 18.5. The average Bonchev–Trinajstić information content (AvgIpc) is 2.93. The van der Waals surface area contributed by atoms with Crippen molar-refractivity contribution in [1.82, 2.24) is 8.94 Å². The number of nitrogens with zero attached hydrogens (tertiary/aromatic N) is 2. The van der Waals surface area contributed by atoms with Crippen LogP contribution in [-0.4, -0.2) is 14.8 Å². The summed E-state index contributed by atoms with van der Waals surface area (Å²) in [6.07, 6.45) is 0. The van der Waals surface area contributed by atoms with Crippen LogP contribution in [0.15, 0.2) is 46.2 Å². The summed E-state index contributed by atoms with van der Waals surface area (Å²) in [5, 5.41) is 0.700. The highest BCUT2D eigenvalue weighted by Gasteiger charge is 2.11. The Balaban J connectivity index is 1.97. The van der Waals surface area contributed by atoms with E-state index in [1.54, 1.807) is 18.2 Å². The summed E-state index contributed by atoms with van der Waals surface area (Å²) in [5.74, 6) is -3.03. The fourth-order valence-electron chi connectivity index (χ4n) is 2.11. The number of carbonyl (C=O) groups excluding carboxylic acids is 1. The number of benzene rings is 2. The Hall–Kier alpha value is -2.29. The molecule has 0 aliphatic carbocycles. The molecule has 0 radical (unpaired) electrons. The Labute approximate surface area is 159 Å². The number of nitrogens with one attached hydrogen (secondary N) is 1. The van der Waals surface area contributed by atoms with Crippen molar-refractivity contribution in [3.8, 4) is 0 Å². The number of rotatable bonds is 3. The van der Waals surface area contributed by atoms with Crippen molar-refractivity contribution in [2.75, 3.05) is 0 Å². The monoisotopic (exact) mass is 415 g/mol. The second-order valence-corrected chi connectivity index (χ2v) is 6.76. The zero-order chi connectivity index (χ0) is 18.8. The van der Waals surface area contributed by atoms with Gasteiger partial charge >= 0.3 is 5.69 Å². The van der Waals surface area contributed by atoms with Crippen molar-refractivity contribution in [2.24, 2.45) is 4.99 Å². The molecule has 1 heterocycles. The van der Waals surface area contributed by atoms with Crippen molar-refractivity contribution in [3.63, 3.8) is 0 Å². The van der Waals surface area contributed by atoms with Crippen LogP contribution < -0.4 is 10.5 Å². The minimum Gasteiger partial charge on any atom is -0.267 e. The lowest BCUT2D eigenvalue weighted by Crippen LogP contribution is -2.28. The van der Waals surface area contributed by atoms with Crippen molar-refractivity contribution in [3.05, 3.63) is 84.5 Å². The summed E-state index contributed by atoms with van der Waals surface area (Å²) in [7, 11) is 0. The van der Waals surface area contributed by atoms with Gasteiger partial charge in [0, 0.05) is 5.56 Å². The minimum absolute atomic E-state index is 0.0794. The number of aromatic amines is 1. The molecular weight excluding hydrogens is 407 g/mol. The van der Waals surface area contributed by atoms with E-state index >= 15 is 0 Å². The fraction of sp³-hybridized carbons (Fsp3) is 0.0625.